The van der Waals surface area contributed by atoms with Gasteiger partial charge in [-0.25, -0.2) is 0 Å². The van der Waals surface area contributed by atoms with Crippen LogP contribution in [0.4, 0.5) is 0 Å². The van der Waals surface area contributed by atoms with E-state index in [4.69, 9.17) is 20.3 Å². The van der Waals surface area contributed by atoms with Gasteiger partial charge in [0.2, 0.25) is 0 Å². The maximum atomic E-state index is 10.5. The third-order valence-corrected chi connectivity index (χ3v) is 2.89. The van der Waals surface area contributed by atoms with Crippen molar-refractivity contribution < 1.29 is 19.4 Å². The first kappa shape index (κ1) is 12.9. The van der Waals surface area contributed by atoms with Crippen molar-refractivity contribution in [3.63, 3.8) is 0 Å². The summed E-state index contributed by atoms with van der Waals surface area (Å²) in [4.78, 5) is 10.5. The Kier molecular flexibility index (Phi) is 4.17. The van der Waals surface area contributed by atoms with Crippen LogP contribution in [0.2, 0.25) is 0 Å². The Labute approximate surface area is 106 Å². The van der Waals surface area contributed by atoms with E-state index >= 15 is 0 Å². The van der Waals surface area contributed by atoms with Crippen LogP contribution >= 0.6 is 0 Å². The van der Waals surface area contributed by atoms with Crippen molar-refractivity contribution in [2.75, 3.05) is 13.2 Å². The van der Waals surface area contributed by atoms with Crippen molar-refractivity contribution in [1.29, 1.82) is 0 Å². The van der Waals surface area contributed by atoms with Gasteiger partial charge in [0.05, 0.1) is 13.2 Å². The maximum Gasteiger partial charge on any atom is 0.303 e. The van der Waals surface area contributed by atoms with Crippen LogP contribution in [0.3, 0.4) is 0 Å². The smallest absolute Gasteiger partial charge is 0.303 e. The van der Waals surface area contributed by atoms with Gasteiger partial charge in [0.15, 0.2) is 0 Å². The summed E-state index contributed by atoms with van der Waals surface area (Å²) in [5, 5.41) is 8.60. The Balaban J connectivity index is 1.87. The van der Waals surface area contributed by atoms with Crippen molar-refractivity contribution in [1.82, 2.24) is 0 Å². The van der Waals surface area contributed by atoms with Crippen molar-refractivity contribution in [2.45, 2.75) is 25.0 Å². The molecular formula is C13H17NO4. The minimum atomic E-state index is -0.824. The van der Waals surface area contributed by atoms with Gasteiger partial charge < -0.3 is 20.3 Å². The van der Waals surface area contributed by atoms with E-state index in [1.807, 2.05) is 24.3 Å². The van der Waals surface area contributed by atoms with Crippen LogP contribution in [0.5, 0.6) is 5.75 Å². The van der Waals surface area contributed by atoms with Crippen LogP contribution in [0.15, 0.2) is 24.3 Å². The lowest BCUT2D eigenvalue weighted by atomic mass is 10.0. The lowest BCUT2D eigenvalue weighted by molar-refractivity contribution is -0.137. The van der Waals surface area contributed by atoms with Gasteiger partial charge in [-0.15, -0.1) is 0 Å². The van der Waals surface area contributed by atoms with E-state index in [1.165, 1.54) is 0 Å². The molecule has 98 valence electrons. The zero-order chi connectivity index (χ0) is 13.0. The highest BCUT2D eigenvalue weighted by molar-refractivity contribution is 5.66. The molecule has 1 atom stereocenters. The third kappa shape index (κ3) is 3.45. The number of nitrogens with two attached hydrogens (primary N) is 1. The van der Waals surface area contributed by atoms with Crippen molar-refractivity contribution in [3.8, 4) is 5.75 Å². The van der Waals surface area contributed by atoms with Gasteiger partial charge in [-0.1, -0.05) is 12.1 Å². The van der Waals surface area contributed by atoms with E-state index in [1.54, 1.807) is 0 Å². The van der Waals surface area contributed by atoms with E-state index in [0.29, 0.717) is 19.6 Å². The molecule has 1 saturated heterocycles. The zero-order valence-corrected chi connectivity index (χ0v) is 10.0. The van der Waals surface area contributed by atoms with Gasteiger partial charge in [-0.05, 0) is 24.1 Å². The minimum absolute atomic E-state index is 0.0822. The molecule has 0 saturated carbocycles. The lowest BCUT2D eigenvalue weighted by Crippen LogP contribution is -2.38. The largest absolute Gasteiger partial charge is 0.486 e. The maximum absolute atomic E-state index is 10.5. The van der Waals surface area contributed by atoms with Gasteiger partial charge in [0, 0.05) is 12.5 Å². The quantitative estimate of drug-likeness (QED) is 0.797. The Bertz CT molecular complexity index is 400. The summed E-state index contributed by atoms with van der Waals surface area (Å²) in [5.74, 6) is -0.0344. The molecule has 0 aliphatic carbocycles. The van der Waals surface area contributed by atoms with Gasteiger partial charge in [0.25, 0.3) is 0 Å². The highest BCUT2D eigenvalue weighted by Crippen LogP contribution is 2.21. The molecule has 0 radical (unpaired) electrons. The van der Waals surface area contributed by atoms with Crippen LogP contribution in [0.1, 0.15) is 24.4 Å². The minimum Gasteiger partial charge on any atom is -0.486 e. The number of hydrogen-bond acceptors (Lipinski definition) is 4. The molecule has 1 unspecified atom stereocenters. The van der Waals surface area contributed by atoms with Crippen molar-refractivity contribution in [3.05, 3.63) is 29.8 Å². The first-order valence-corrected chi connectivity index (χ1v) is 5.97. The van der Waals surface area contributed by atoms with Gasteiger partial charge in [-0.3, -0.25) is 4.79 Å². The van der Waals surface area contributed by atoms with Crippen LogP contribution in [-0.4, -0.2) is 30.4 Å². The molecule has 1 aliphatic rings. The average Bonchev–Trinajstić information content (AvgIpc) is 2.31. The second-order valence-corrected chi connectivity index (χ2v) is 4.39. The van der Waals surface area contributed by atoms with Gasteiger partial charge in [0.1, 0.15) is 11.9 Å². The number of benzene rings is 1. The summed E-state index contributed by atoms with van der Waals surface area (Å²) in [6.45, 7) is 1.28. The van der Waals surface area contributed by atoms with Gasteiger partial charge in [-0.2, -0.15) is 0 Å². The fourth-order valence-electron chi connectivity index (χ4n) is 1.71. The molecule has 2 rings (SSSR count). The molecule has 1 heterocycles. The second-order valence-electron chi connectivity index (χ2n) is 4.39. The fraction of sp³-hybridized carbons (Fsp3) is 0.462. The average molecular weight is 251 g/mol. The Morgan fingerprint density at radius 1 is 1.44 bits per heavy atom. The number of hydrogen-bond donors (Lipinski definition) is 2. The third-order valence-electron chi connectivity index (χ3n) is 2.89. The molecule has 18 heavy (non-hydrogen) atoms. The highest BCUT2D eigenvalue weighted by Gasteiger charge is 2.20. The van der Waals surface area contributed by atoms with Gasteiger partial charge >= 0.3 is 5.97 Å². The predicted octanol–water partition coefficient (Wildman–Crippen LogP) is 1.33. The Morgan fingerprint density at radius 2 is 2.11 bits per heavy atom. The summed E-state index contributed by atoms with van der Waals surface area (Å²) >= 11 is 0. The number of carboxylic acid groups (broad SMARTS) is 1. The summed E-state index contributed by atoms with van der Waals surface area (Å²) < 4.78 is 10.6. The standard InChI is InChI=1S/C13H17NO4/c14-12(5-6-13(15)16)9-1-3-10(4-2-9)18-11-7-17-8-11/h1-4,11-12H,5-8,14H2,(H,15,16). The monoisotopic (exact) mass is 251 g/mol. The molecule has 0 spiro atoms. The second kappa shape index (κ2) is 5.84. The lowest BCUT2D eigenvalue weighted by Gasteiger charge is -2.26. The number of carbonyl (C=O) groups is 1. The summed E-state index contributed by atoms with van der Waals surface area (Å²) in [5.41, 5.74) is 6.83. The molecule has 5 heteroatoms. The van der Waals surface area contributed by atoms with Crippen LogP contribution < -0.4 is 10.5 Å². The first-order chi connectivity index (χ1) is 8.65. The summed E-state index contributed by atoms with van der Waals surface area (Å²) in [7, 11) is 0. The number of rotatable bonds is 6. The highest BCUT2D eigenvalue weighted by atomic mass is 16.6. The molecule has 1 aromatic rings. The SMILES string of the molecule is NC(CCC(=O)O)c1ccc(OC2COC2)cc1. The molecule has 0 bridgehead atoms. The van der Waals surface area contributed by atoms with Crippen molar-refractivity contribution in [2.24, 2.45) is 5.73 Å². The first-order valence-electron chi connectivity index (χ1n) is 5.97. The summed E-state index contributed by atoms with van der Waals surface area (Å²) in [6, 6.07) is 7.22. The normalized spacial score (nSPS) is 16.9. The Hall–Kier alpha value is -1.59. The van der Waals surface area contributed by atoms with E-state index < -0.39 is 5.97 Å². The number of aliphatic carboxylic acids is 1. The van der Waals surface area contributed by atoms with Crippen LogP contribution in [0.25, 0.3) is 0 Å². The zero-order valence-electron chi connectivity index (χ0n) is 10.0. The topological polar surface area (TPSA) is 81.8 Å². The molecule has 0 amide bonds. The molecular weight excluding hydrogens is 234 g/mol. The van der Waals surface area contributed by atoms with Crippen LogP contribution in [0, 0.1) is 0 Å². The molecule has 5 nitrogen and oxygen atoms in total. The van der Waals surface area contributed by atoms with E-state index in [2.05, 4.69) is 0 Å². The van der Waals surface area contributed by atoms with E-state index in [-0.39, 0.29) is 18.6 Å². The summed E-state index contributed by atoms with van der Waals surface area (Å²) in [6.07, 6.45) is 0.668. The van der Waals surface area contributed by atoms with E-state index in [0.717, 1.165) is 11.3 Å². The number of carboxylic acids is 1. The molecule has 3 N–H and O–H groups in total. The fourth-order valence-corrected chi connectivity index (χ4v) is 1.71. The molecule has 0 aromatic heterocycles. The molecule has 1 fully saturated rings. The van der Waals surface area contributed by atoms with Crippen LogP contribution in [-0.2, 0) is 9.53 Å². The van der Waals surface area contributed by atoms with Crippen molar-refractivity contribution >= 4 is 5.97 Å². The Morgan fingerprint density at radius 3 is 2.61 bits per heavy atom. The van der Waals surface area contributed by atoms with E-state index in [9.17, 15) is 4.79 Å². The number of ether oxygens (including phenoxy) is 2. The molecule has 1 aliphatic heterocycles. The predicted molar refractivity (Wildman–Crippen MR) is 65.5 cm³/mol. The molecule has 1 aromatic carbocycles.